The van der Waals surface area contributed by atoms with Gasteiger partial charge < -0.3 is 9.64 Å². The van der Waals surface area contributed by atoms with E-state index in [4.69, 9.17) is 4.74 Å². The molecule has 0 saturated carbocycles. The van der Waals surface area contributed by atoms with Crippen LogP contribution in [0.3, 0.4) is 0 Å². The predicted molar refractivity (Wildman–Crippen MR) is 79.5 cm³/mol. The minimum Gasteiger partial charge on any atom is -0.483 e. The zero-order chi connectivity index (χ0) is 14.8. The van der Waals surface area contributed by atoms with Gasteiger partial charge in [-0.25, -0.2) is 8.42 Å². The summed E-state index contributed by atoms with van der Waals surface area (Å²) >= 11 is 3.34. The minimum atomic E-state index is -2.99. The van der Waals surface area contributed by atoms with Crippen molar-refractivity contribution in [1.82, 2.24) is 4.90 Å². The topological polar surface area (TPSA) is 63.7 Å². The van der Waals surface area contributed by atoms with Gasteiger partial charge in [0, 0.05) is 13.1 Å². The normalized spacial score (nSPS) is 20.6. The molecule has 0 spiro atoms. The lowest BCUT2D eigenvalue weighted by atomic mass is 10.2. The average Bonchev–Trinajstić information content (AvgIpc) is 2.77. The zero-order valence-corrected chi connectivity index (χ0v) is 13.5. The molecule has 0 aliphatic carbocycles. The summed E-state index contributed by atoms with van der Waals surface area (Å²) in [5.74, 6) is 0.570. The molecule has 1 unspecified atom stereocenters. The lowest BCUT2D eigenvalue weighted by molar-refractivity contribution is -0.133. The van der Waals surface area contributed by atoms with E-state index in [0.717, 1.165) is 4.47 Å². The highest BCUT2D eigenvalue weighted by atomic mass is 79.9. The summed E-state index contributed by atoms with van der Waals surface area (Å²) in [6.45, 7) is -0.102. The van der Waals surface area contributed by atoms with Crippen LogP contribution in [-0.4, -0.2) is 50.4 Å². The maximum Gasteiger partial charge on any atom is 0.260 e. The third-order valence-electron chi connectivity index (χ3n) is 3.34. The van der Waals surface area contributed by atoms with Crippen LogP contribution in [0.4, 0.5) is 0 Å². The first-order chi connectivity index (χ1) is 9.39. The maximum absolute atomic E-state index is 12.0. The van der Waals surface area contributed by atoms with Gasteiger partial charge in [-0.2, -0.15) is 0 Å². The van der Waals surface area contributed by atoms with E-state index in [1.54, 1.807) is 13.1 Å². The summed E-state index contributed by atoms with van der Waals surface area (Å²) in [6, 6.07) is 7.02. The van der Waals surface area contributed by atoms with Gasteiger partial charge in [0.05, 0.1) is 16.0 Å². The van der Waals surface area contributed by atoms with E-state index in [1.165, 1.54) is 4.90 Å². The number of para-hydroxylation sites is 1. The van der Waals surface area contributed by atoms with Crippen molar-refractivity contribution in [2.24, 2.45) is 0 Å². The minimum absolute atomic E-state index is 0.0459. The molecule has 0 radical (unpaired) electrons. The first kappa shape index (κ1) is 15.3. The van der Waals surface area contributed by atoms with Crippen LogP contribution in [0.1, 0.15) is 6.42 Å². The number of nitrogens with zero attached hydrogens (tertiary/aromatic N) is 1. The maximum atomic E-state index is 12.0. The Morgan fingerprint density at radius 2 is 2.15 bits per heavy atom. The molecule has 1 aliphatic rings. The number of sulfone groups is 1. The Morgan fingerprint density at radius 1 is 1.45 bits per heavy atom. The number of carbonyl (C=O) groups excluding carboxylic acids is 1. The van der Waals surface area contributed by atoms with E-state index in [1.807, 2.05) is 18.2 Å². The van der Waals surface area contributed by atoms with Crippen LogP contribution in [0.5, 0.6) is 5.75 Å². The quantitative estimate of drug-likeness (QED) is 0.814. The lowest BCUT2D eigenvalue weighted by Crippen LogP contribution is -2.40. The van der Waals surface area contributed by atoms with E-state index in [9.17, 15) is 13.2 Å². The summed E-state index contributed by atoms with van der Waals surface area (Å²) in [5, 5.41) is 0. The fraction of sp³-hybridized carbons (Fsp3) is 0.462. The lowest BCUT2D eigenvalue weighted by Gasteiger charge is -2.23. The number of amides is 1. The summed E-state index contributed by atoms with van der Waals surface area (Å²) in [4.78, 5) is 13.5. The van der Waals surface area contributed by atoms with Crippen LogP contribution in [-0.2, 0) is 14.6 Å². The summed E-state index contributed by atoms with van der Waals surface area (Å²) in [6.07, 6.45) is 0.500. The van der Waals surface area contributed by atoms with Crippen molar-refractivity contribution in [2.75, 3.05) is 25.2 Å². The molecule has 1 atom stereocenters. The van der Waals surface area contributed by atoms with Crippen molar-refractivity contribution in [3.05, 3.63) is 28.7 Å². The molecule has 110 valence electrons. The van der Waals surface area contributed by atoms with Gasteiger partial charge in [-0.3, -0.25) is 4.79 Å². The van der Waals surface area contributed by atoms with Crippen molar-refractivity contribution < 1.29 is 17.9 Å². The fourth-order valence-electron chi connectivity index (χ4n) is 2.09. The van der Waals surface area contributed by atoms with Crippen LogP contribution in [0.2, 0.25) is 0 Å². The number of halogens is 1. The third-order valence-corrected chi connectivity index (χ3v) is 5.74. The second-order valence-electron chi connectivity index (χ2n) is 4.78. The molecular weight excluding hydrogens is 346 g/mol. The van der Waals surface area contributed by atoms with Crippen LogP contribution >= 0.6 is 15.9 Å². The van der Waals surface area contributed by atoms with Crippen LogP contribution in [0.25, 0.3) is 0 Å². The number of likely N-dealkylation sites (N-methyl/N-ethyl adjacent to an activating group) is 1. The van der Waals surface area contributed by atoms with Gasteiger partial charge in [0.15, 0.2) is 16.4 Å². The zero-order valence-electron chi connectivity index (χ0n) is 11.1. The average molecular weight is 362 g/mol. The van der Waals surface area contributed by atoms with Crippen molar-refractivity contribution in [1.29, 1.82) is 0 Å². The second-order valence-corrected chi connectivity index (χ2v) is 7.86. The largest absolute Gasteiger partial charge is 0.483 e. The Balaban J connectivity index is 1.91. The van der Waals surface area contributed by atoms with Crippen LogP contribution in [0, 0.1) is 0 Å². The first-order valence-electron chi connectivity index (χ1n) is 6.22. The summed E-state index contributed by atoms with van der Waals surface area (Å²) < 4.78 is 29.1. The molecule has 0 bridgehead atoms. The van der Waals surface area contributed by atoms with Crippen molar-refractivity contribution in [3.8, 4) is 5.75 Å². The van der Waals surface area contributed by atoms with Crippen molar-refractivity contribution in [2.45, 2.75) is 12.5 Å². The molecule has 1 aliphatic heterocycles. The molecule has 5 nitrogen and oxygen atoms in total. The molecule has 0 aromatic heterocycles. The highest BCUT2D eigenvalue weighted by Crippen LogP contribution is 2.24. The first-order valence-corrected chi connectivity index (χ1v) is 8.84. The SMILES string of the molecule is CN(C(=O)COc1ccccc1Br)C1CCS(=O)(=O)C1. The Labute approximate surface area is 127 Å². The number of hydrogen-bond donors (Lipinski definition) is 0. The second kappa shape index (κ2) is 6.13. The molecule has 1 heterocycles. The number of carbonyl (C=O) groups is 1. The number of hydrogen-bond acceptors (Lipinski definition) is 4. The highest BCUT2D eigenvalue weighted by molar-refractivity contribution is 9.10. The molecule has 1 amide bonds. The molecule has 1 fully saturated rings. The summed E-state index contributed by atoms with van der Waals surface area (Å²) in [5.41, 5.74) is 0. The Hall–Kier alpha value is -1.08. The molecule has 2 rings (SSSR count). The van der Waals surface area contributed by atoms with E-state index in [2.05, 4.69) is 15.9 Å². The van der Waals surface area contributed by atoms with Gasteiger partial charge in [0.25, 0.3) is 5.91 Å². The molecule has 1 aromatic carbocycles. The smallest absolute Gasteiger partial charge is 0.260 e. The van der Waals surface area contributed by atoms with Crippen molar-refractivity contribution >= 4 is 31.7 Å². The number of ether oxygens (including phenoxy) is 1. The molecule has 1 saturated heterocycles. The number of benzene rings is 1. The standard InChI is InChI=1S/C13H16BrNO4S/c1-15(10-6-7-20(17,18)9-10)13(16)8-19-12-5-3-2-4-11(12)14/h2-5,10H,6-9H2,1H3. The van der Waals surface area contributed by atoms with E-state index >= 15 is 0 Å². The van der Waals surface area contributed by atoms with Gasteiger partial charge in [0.1, 0.15) is 5.75 Å². The van der Waals surface area contributed by atoms with Crippen LogP contribution < -0.4 is 4.74 Å². The Bertz CT molecular complexity index is 602. The van der Waals surface area contributed by atoms with E-state index < -0.39 is 9.84 Å². The molecule has 0 N–H and O–H groups in total. The molecule has 20 heavy (non-hydrogen) atoms. The van der Waals surface area contributed by atoms with Gasteiger partial charge in [-0.15, -0.1) is 0 Å². The van der Waals surface area contributed by atoms with Crippen LogP contribution in [0.15, 0.2) is 28.7 Å². The van der Waals surface area contributed by atoms with E-state index in [-0.39, 0.29) is 30.1 Å². The Morgan fingerprint density at radius 3 is 2.75 bits per heavy atom. The third kappa shape index (κ3) is 3.73. The fourth-order valence-corrected chi connectivity index (χ4v) is 4.26. The highest BCUT2D eigenvalue weighted by Gasteiger charge is 2.32. The van der Waals surface area contributed by atoms with Gasteiger partial charge in [-0.05, 0) is 34.5 Å². The summed E-state index contributed by atoms with van der Waals surface area (Å²) in [7, 11) is -1.37. The molecule has 7 heteroatoms. The Kier molecular flexibility index (Phi) is 4.70. The van der Waals surface area contributed by atoms with Gasteiger partial charge >= 0.3 is 0 Å². The number of rotatable bonds is 4. The van der Waals surface area contributed by atoms with E-state index in [0.29, 0.717) is 12.2 Å². The monoisotopic (exact) mass is 361 g/mol. The van der Waals surface area contributed by atoms with Gasteiger partial charge in [-0.1, -0.05) is 12.1 Å². The molecule has 1 aromatic rings. The van der Waals surface area contributed by atoms with Gasteiger partial charge in [0.2, 0.25) is 0 Å². The van der Waals surface area contributed by atoms with Crippen molar-refractivity contribution in [3.63, 3.8) is 0 Å². The molecular formula is C13H16BrNO4S. The predicted octanol–water partition coefficient (Wildman–Crippen LogP) is 1.47.